The van der Waals surface area contributed by atoms with E-state index in [0.29, 0.717) is 22.7 Å². The topological polar surface area (TPSA) is 98.6 Å². The summed E-state index contributed by atoms with van der Waals surface area (Å²) < 4.78 is 30.2. The maximum Gasteiger partial charge on any atom is 0.342 e. The average Bonchev–Trinajstić information content (AvgIpc) is 3.41. The first kappa shape index (κ1) is 23.0. The van der Waals surface area contributed by atoms with Crippen LogP contribution in [0.1, 0.15) is 16.8 Å². The SMILES string of the molecule is CN(C(=O)COC(=O)c1cn(-c2ccccc2)nc1-c1ccc(Cl)cc1)C1CCS(=O)(=O)C1. The van der Waals surface area contributed by atoms with Crippen molar-refractivity contribution in [2.75, 3.05) is 25.2 Å². The van der Waals surface area contributed by atoms with E-state index >= 15 is 0 Å². The van der Waals surface area contributed by atoms with Gasteiger partial charge in [0.2, 0.25) is 0 Å². The van der Waals surface area contributed by atoms with Crippen LogP contribution in [0.3, 0.4) is 0 Å². The molecule has 1 amide bonds. The second kappa shape index (κ2) is 9.36. The maximum absolute atomic E-state index is 12.9. The predicted molar refractivity (Wildman–Crippen MR) is 124 cm³/mol. The molecule has 8 nitrogen and oxygen atoms in total. The molecule has 1 atom stereocenters. The normalized spacial score (nSPS) is 17.0. The van der Waals surface area contributed by atoms with E-state index in [1.54, 1.807) is 35.1 Å². The van der Waals surface area contributed by atoms with Gasteiger partial charge in [-0.05, 0) is 30.7 Å². The molecule has 4 rings (SSSR count). The molecule has 0 N–H and O–H groups in total. The van der Waals surface area contributed by atoms with Crippen LogP contribution in [0, 0.1) is 0 Å². The first-order chi connectivity index (χ1) is 15.7. The molecule has 1 aliphatic rings. The number of ether oxygens (including phenoxy) is 1. The third-order valence-corrected chi connectivity index (χ3v) is 7.55. The van der Waals surface area contributed by atoms with Crippen LogP contribution in [0.5, 0.6) is 0 Å². The number of rotatable bonds is 6. The quantitative estimate of drug-likeness (QED) is 0.496. The zero-order valence-electron chi connectivity index (χ0n) is 17.8. The molecule has 0 aliphatic carbocycles. The van der Waals surface area contributed by atoms with Crippen molar-refractivity contribution in [1.82, 2.24) is 14.7 Å². The number of hydrogen-bond acceptors (Lipinski definition) is 6. The smallest absolute Gasteiger partial charge is 0.342 e. The number of likely N-dealkylation sites (N-methyl/N-ethyl adjacent to an activating group) is 1. The lowest BCUT2D eigenvalue weighted by atomic mass is 10.1. The second-order valence-electron chi connectivity index (χ2n) is 7.82. The number of amides is 1. The Labute approximate surface area is 196 Å². The highest BCUT2D eigenvalue weighted by molar-refractivity contribution is 7.91. The van der Waals surface area contributed by atoms with Gasteiger partial charge in [-0.2, -0.15) is 5.10 Å². The van der Waals surface area contributed by atoms with Crippen LogP contribution in [-0.4, -0.2) is 66.2 Å². The monoisotopic (exact) mass is 487 g/mol. The molecule has 2 aromatic carbocycles. The van der Waals surface area contributed by atoms with Gasteiger partial charge >= 0.3 is 5.97 Å². The Kier molecular flexibility index (Phi) is 6.53. The molecule has 1 saturated heterocycles. The van der Waals surface area contributed by atoms with Crippen LogP contribution >= 0.6 is 11.6 Å². The molecule has 1 aromatic heterocycles. The van der Waals surface area contributed by atoms with Gasteiger partial charge < -0.3 is 9.64 Å². The van der Waals surface area contributed by atoms with Crippen LogP contribution in [0.4, 0.5) is 0 Å². The van der Waals surface area contributed by atoms with Gasteiger partial charge in [-0.25, -0.2) is 17.9 Å². The lowest BCUT2D eigenvalue weighted by Gasteiger charge is -2.23. The van der Waals surface area contributed by atoms with Gasteiger partial charge in [0.1, 0.15) is 11.3 Å². The standard InChI is InChI=1S/C23H22ClN3O5S/c1-26(19-11-12-33(30,31)15-19)21(28)14-32-23(29)20-13-27(18-5-3-2-4-6-18)25-22(20)16-7-9-17(24)10-8-16/h2-10,13,19H,11-12,14-15H2,1H3. The fourth-order valence-electron chi connectivity index (χ4n) is 3.65. The highest BCUT2D eigenvalue weighted by Crippen LogP contribution is 2.26. The Balaban J connectivity index is 1.54. The van der Waals surface area contributed by atoms with E-state index in [0.717, 1.165) is 5.69 Å². The van der Waals surface area contributed by atoms with E-state index in [-0.39, 0.29) is 17.1 Å². The molecule has 1 aliphatic heterocycles. The molecular formula is C23H22ClN3O5S. The summed E-state index contributed by atoms with van der Waals surface area (Å²) in [6, 6.07) is 15.8. The summed E-state index contributed by atoms with van der Waals surface area (Å²) in [4.78, 5) is 26.8. The van der Waals surface area contributed by atoms with E-state index in [1.807, 2.05) is 30.3 Å². The van der Waals surface area contributed by atoms with Crippen molar-refractivity contribution in [1.29, 1.82) is 0 Å². The van der Waals surface area contributed by atoms with E-state index < -0.39 is 34.4 Å². The Bertz CT molecular complexity index is 1270. The predicted octanol–water partition coefficient (Wildman–Crippen LogP) is 3.00. The van der Waals surface area contributed by atoms with Crippen molar-refractivity contribution in [3.8, 4) is 16.9 Å². The molecule has 0 bridgehead atoms. The van der Waals surface area contributed by atoms with Crippen molar-refractivity contribution < 1.29 is 22.7 Å². The Morgan fingerprint density at radius 3 is 2.48 bits per heavy atom. The van der Waals surface area contributed by atoms with E-state index in [1.165, 1.54) is 11.9 Å². The van der Waals surface area contributed by atoms with Gasteiger partial charge in [-0.3, -0.25) is 4.79 Å². The molecule has 0 radical (unpaired) electrons. The summed E-state index contributed by atoms with van der Waals surface area (Å²) in [5, 5.41) is 5.10. The Morgan fingerprint density at radius 2 is 1.85 bits per heavy atom. The molecule has 0 saturated carbocycles. The van der Waals surface area contributed by atoms with Crippen LogP contribution in [0.2, 0.25) is 5.02 Å². The number of sulfone groups is 1. The van der Waals surface area contributed by atoms with Crippen molar-refractivity contribution >= 4 is 33.3 Å². The fraction of sp³-hybridized carbons (Fsp3) is 0.261. The number of nitrogens with zero attached hydrogens (tertiary/aromatic N) is 3. The van der Waals surface area contributed by atoms with Crippen LogP contribution in [-0.2, 0) is 19.4 Å². The van der Waals surface area contributed by atoms with Gasteiger partial charge in [-0.1, -0.05) is 41.9 Å². The number of carbonyl (C=O) groups excluding carboxylic acids is 2. The highest BCUT2D eigenvalue weighted by Gasteiger charge is 2.33. The van der Waals surface area contributed by atoms with Crippen molar-refractivity contribution in [3.63, 3.8) is 0 Å². The number of esters is 1. The van der Waals surface area contributed by atoms with Gasteiger partial charge in [0.05, 0.1) is 17.2 Å². The lowest BCUT2D eigenvalue weighted by molar-refractivity contribution is -0.134. The molecule has 33 heavy (non-hydrogen) atoms. The zero-order chi connectivity index (χ0) is 23.6. The molecule has 2 heterocycles. The Hall–Kier alpha value is -3.17. The third kappa shape index (κ3) is 5.26. The molecular weight excluding hydrogens is 466 g/mol. The number of benzene rings is 2. The number of hydrogen-bond donors (Lipinski definition) is 0. The number of para-hydroxylation sites is 1. The van der Waals surface area contributed by atoms with E-state index in [4.69, 9.17) is 16.3 Å². The summed E-state index contributed by atoms with van der Waals surface area (Å²) >= 11 is 5.99. The minimum Gasteiger partial charge on any atom is -0.452 e. The molecule has 172 valence electrons. The van der Waals surface area contributed by atoms with Crippen molar-refractivity contribution in [2.45, 2.75) is 12.5 Å². The zero-order valence-corrected chi connectivity index (χ0v) is 19.4. The number of carbonyl (C=O) groups is 2. The summed E-state index contributed by atoms with van der Waals surface area (Å²) in [5.74, 6) is -1.19. The largest absolute Gasteiger partial charge is 0.452 e. The maximum atomic E-state index is 12.9. The molecule has 1 fully saturated rings. The summed E-state index contributed by atoms with van der Waals surface area (Å²) in [6.07, 6.45) is 1.93. The molecule has 1 unspecified atom stereocenters. The fourth-order valence-corrected chi connectivity index (χ4v) is 5.55. The van der Waals surface area contributed by atoms with Gasteiger partial charge in [-0.15, -0.1) is 0 Å². The molecule has 0 spiro atoms. The molecule has 3 aromatic rings. The average molecular weight is 488 g/mol. The minimum absolute atomic E-state index is 0.0538. The van der Waals surface area contributed by atoms with Gasteiger partial charge in [0, 0.05) is 29.9 Å². The third-order valence-electron chi connectivity index (χ3n) is 5.55. The van der Waals surface area contributed by atoms with Crippen LogP contribution in [0.25, 0.3) is 16.9 Å². The van der Waals surface area contributed by atoms with Crippen LogP contribution in [0.15, 0.2) is 60.8 Å². The van der Waals surface area contributed by atoms with Crippen molar-refractivity contribution in [2.24, 2.45) is 0 Å². The summed E-state index contributed by atoms with van der Waals surface area (Å²) in [5.41, 5.74) is 2.01. The highest BCUT2D eigenvalue weighted by atomic mass is 35.5. The van der Waals surface area contributed by atoms with E-state index in [9.17, 15) is 18.0 Å². The summed E-state index contributed by atoms with van der Waals surface area (Å²) in [6.45, 7) is -0.498. The van der Waals surface area contributed by atoms with E-state index in [2.05, 4.69) is 5.10 Å². The lowest BCUT2D eigenvalue weighted by Crippen LogP contribution is -2.40. The van der Waals surface area contributed by atoms with Gasteiger partial charge in [0.15, 0.2) is 16.4 Å². The first-order valence-corrected chi connectivity index (χ1v) is 12.5. The Morgan fingerprint density at radius 1 is 1.15 bits per heavy atom. The number of halogens is 1. The van der Waals surface area contributed by atoms with Crippen molar-refractivity contribution in [3.05, 3.63) is 71.4 Å². The molecule has 10 heteroatoms. The summed E-state index contributed by atoms with van der Waals surface area (Å²) in [7, 11) is -1.61. The second-order valence-corrected chi connectivity index (χ2v) is 10.5. The van der Waals surface area contributed by atoms with Crippen LogP contribution < -0.4 is 0 Å². The number of aromatic nitrogens is 2. The minimum atomic E-state index is -3.13. The van der Waals surface area contributed by atoms with Gasteiger partial charge in [0.25, 0.3) is 5.91 Å². The first-order valence-electron chi connectivity index (χ1n) is 10.3.